The van der Waals surface area contributed by atoms with Gasteiger partial charge in [-0.1, -0.05) is 35.9 Å². The van der Waals surface area contributed by atoms with Crippen molar-refractivity contribution in [3.8, 4) is 0 Å². The van der Waals surface area contributed by atoms with E-state index in [0.29, 0.717) is 6.61 Å². The lowest BCUT2D eigenvalue weighted by atomic mass is 10.1. The van der Waals surface area contributed by atoms with E-state index in [1.807, 2.05) is 42.1 Å². The zero-order valence-electron chi connectivity index (χ0n) is 16.3. The number of hydrogen-bond donors (Lipinski definition) is 0. The third kappa shape index (κ3) is 4.43. The zero-order chi connectivity index (χ0) is 19.5. The quantitative estimate of drug-likeness (QED) is 0.655. The van der Waals surface area contributed by atoms with Gasteiger partial charge in [-0.3, -0.25) is 14.6 Å². The predicted octanol–water partition coefficient (Wildman–Crippen LogP) is 3.94. The monoisotopic (exact) mass is 396 g/mol. The first-order valence-electron chi connectivity index (χ1n) is 9.61. The average Bonchev–Trinajstić information content (AvgIpc) is 3.01. The van der Waals surface area contributed by atoms with E-state index in [1.165, 1.54) is 5.56 Å². The highest BCUT2D eigenvalue weighted by atomic mass is 35.5. The molecule has 0 amide bonds. The smallest absolute Gasteiger partial charge is 0.112 e. The summed E-state index contributed by atoms with van der Waals surface area (Å²) in [4.78, 5) is 7.29. The molecular weight excluding hydrogens is 372 g/mol. The maximum Gasteiger partial charge on any atom is 0.112 e. The van der Waals surface area contributed by atoms with E-state index in [2.05, 4.69) is 35.3 Å². The molecule has 0 bridgehead atoms. The second-order valence-electron chi connectivity index (χ2n) is 7.33. The molecule has 1 aromatic carbocycles. The Bertz CT molecular complexity index is 955. The topological polar surface area (TPSA) is 43.2 Å². The van der Waals surface area contributed by atoms with Crippen LogP contribution in [-0.4, -0.2) is 39.4 Å². The number of hydrogen-bond acceptors (Lipinski definition) is 4. The Hall–Kier alpha value is -2.21. The average molecular weight is 397 g/mol. The molecule has 6 heteroatoms. The molecule has 5 nitrogen and oxygen atoms in total. The lowest BCUT2D eigenvalue weighted by molar-refractivity contribution is -0.0351. The van der Waals surface area contributed by atoms with Gasteiger partial charge in [-0.15, -0.1) is 0 Å². The SMILES string of the molecule is Cc1nn(C)cc1CN1CCOC(c2cccc(Cc3ccccc3Cl)n2)C1. The highest BCUT2D eigenvalue weighted by Gasteiger charge is 2.24. The van der Waals surface area contributed by atoms with Crippen molar-refractivity contribution in [2.45, 2.75) is 26.0 Å². The Morgan fingerprint density at radius 3 is 2.79 bits per heavy atom. The van der Waals surface area contributed by atoms with Crippen molar-refractivity contribution in [2.24, 2.45) is 7.05 Å². The van der Waals surface area contributed by atoms with Crippen molar-refractivity contribution in [3.63, 3.8) is 0 Å². The molecule has 3 aromatic rings. The number of benzene rings is 1. The Morgan fingerprint density at radius 1 is 1.14 bits per heavy atom. The molecule has 28 heavy (non-hydrogen) atoms. The van der Waals surface area contributed by atoms with Gasteiger partial charge < -0.3 is 4.74 Å². The van der Waals surface area contributed by atoms with Gasteiger partial charge in [0.25, 0.3) is 0 Å². The molecule has 1 aliphatic rings. The van der Waals surface area contributed by atoms with Gasteiger partial charge in [0.1, 0.15) is 6.10 Å². The molecule has 3 heterocycles. The highest BCUT2D eigenvalue weighted by Crippen LogP contribution is 2.24. The summed E-state index contributed by atoms with van der Waals surface area (Å²) >= 11 is 6.31. The van der Waals surface area contributed by atoms with E-state index < -0.39 is 0 Å². The van der Waals surface area contributed by atoms with Crippen molar-refractivity contribution in [1.82, 2.24) is 19.7 Å². The van der Waals surface area contributed by atoms with Crippen LogP contribution in [0, 0.1) is 6.92 Å². The normalized spacial score (nSPS) is 17.8. The van der Waals surface area contributed by atoms with Crippen LogP contribution < -0.4 is 0 Å². The van der Waals surface area contributed by atoms with Crippen molar-refractivity contribution >= 4 is 11.6 Å². The molecule has 1 saturated heterocycles. The van der Waals surface area contributed by atoms with E-state index in [4.69, 9.17) is 21.3 Å². The molecule has 0 spiro atoms. The van der Waals surface area contributed by atoms with E-state index >= 15 is 0 Å². The minimum Gasteiger partial charge on any atom is -0.369 e. The van der Waals surface area contributed by atoms with Crippen LogP contribution in [0.2, 0.25) is 5.02 Å². The molecule has 1 aliphatic heterocycles. The van der Waals surface area contributed by atoms with Gasteiger partial charge in [0.05, 0.1) is 18.0 Å². The largest absolute Gasteiger partial charge is 0.369 e. The number of halogens is 1. The molecule has 146 valence electrons. The van der Waals surface area contributed by atoms with Crippen LogP contribution in [0.25, 0.3) is 0 Å². The van der Waals surface area contributed by atoms with Crippen LogP contribution in [0.5, 0.6) is 0 Å². The van der Waals surface area contributed by atoms with E-state index in [-0.39, 0.29) is 6.10 Å². The first-order valence-corrected chi connectivity index (χ1v) is 9.98. The Balaban J connectivity index is 1.46. The van der Waals surface area contributed by atoms with Gasteiger partial charge in [0.2, 0.25) is 0 Å². The summed E-state index contributed by atoms with van der Waals surface area (Å²) in [7, 11) is 1.97. The third-order valence-electron chi connectivity index (χ3n) is 5.15. The molecule has 4 rings (SSSR count). The number of ether oxygens (including phenoxy) is 1. The summed E-state index contributed by atoms with van der Waals surface area (Å²) in [6.45, 7) is 5.41. The van der Waals surface area contributed by atoms with Gasteiger partial charge in [0, 0.05) is 55.6 Å². The second kappa shape index (κ2) is 8.43. The first-order chi connectivity index (χ1) is 13.6. The Labute approximate surface area is 170 Å². The molecule has 0 N–H and O–H groups in total. The highest BCUT2D eigenvalue weighted by molar-refractivity contribution is 6.31. The Kier molecular flexibility index (Phi) is 5.76. The van der Waals surface area contributed by atoms with Crippen molar-refractivity contribution < 1.29 is 4.74 Å². The number of rotatable bonds is 5. The number of aryl methyl sites for hydroxylation is 2. The zero-order valence-corrected chi connectivity index (χ0v) is 17.1. The fourth-order valence-electron chi connectivity index (χ4n) is 3.68. The summed E-state index contributed by atoms with van der Waals surface area (Å²) in [6, 6.07) is 14.1. The molecule has 0 radical (unpaired) electrons. The number of aromatic nitrogens is 3. The van der Waals surface area contributed by atoms with Crippen LogP contribution in [-0.2, 0) is 24.8 Å². The number of morpholine rings is 1. The second-order valence-corrected chi connectivity index (χ2v) is 7.74. The van der Waals surface area contributed by atoms with E-state index in [1.54, 1.807) is 0 Å². The van der Waals surface area contributed by atoms with Crippen LogP contribution in [0.4, 0.5) is 0 Å². The molecule has 1 fully saturated rings. The van der Waals surface area contributed by atoms with Crippen molar-refractivity contribution in [1.29, 1.82) is 0 Å². The van der Waals surface area contributed by atoms with Gasteiger partial charge in [0.15, 0.2) is 0 Å². The van der Waals surface area contributed by atoms with Crippen molar-refractivity contribution in [3.05, 3.63) is 81.9 Å². The minimum atomic E-state index is -0.0167. The summed E-state index contributed by atoms with van der Waals surface area (Å²) < 4.78 is 7.92. The predicted molar refractivity (Wildman–Crippen MR) is 110 cm³/mol. The lowest BCUT2D eigenvalue weighted by Crippen LogP contribution is -2.38. The van der Waals surface area contributed by atoms with Crippen LogP contribution in [0.3, 0.4) is 0 Å². The molecule has 0 aliphatic carbocycles. The van der Waals surface area contributed by atoms with Gasteiger partial charge in [-0.2, -0.15) is 5.10 Å². The maximum atomic E-state index is 6.31. The maximum absolute atomic E-state index is 6.31. The van der Waals surface area contributed by atoms with Gasteiger partial charge in [-0.05, 0) is 30.7 Å². The summed E-state index contributed by atoms with van der Waals surface area (Å²) in [5.41, 5.74) is 5.44. The first kappa shape index (κ1) is 19.1. The lowest BCUT2D eigenvalue weighted by Gasteiger charge is -2.32. The third-order valence-corrected chi connectivity index (χ3v) is 5.52. The molecule has 1 unspecified atom stereocenters. The number of nitrogens with zero attached hydrogens (tertiary/aromatic N) is 4. The van der Waals surface area contributed by atoms with Gasteiger partial charge >= 0.3 is 0 Å². The fraction of sp³-hybridized carbons (Fsp3) is 0.364. The molecule has 1 atom stereocenters. The summed E-state index contributed by atoms with van der Waals surface area (Å²) in [5, 5.41) is 5.23. The van der Waals surface area contributed by atoms with Crippen LogP contribution in [0.1, 0.15) is 34.3 Å². The summed E-state index contributed by atoms with van der Waals surface area (Å²) in [6.07, 6.45) is 2.80. The standard InChI is InChI=1S/C22H25ClN4O/c1-16-18(13-26(2)25-16)14-27-10-11-28-22(15-27)21-9-5-7-19(24-21)12-17-6-3-4-8-20(17)23/h3-9,13,22H,10-12,14-15H2,1-2H3. The van der Waals surface area contributed by atoms with E-state index in [0.717, 1.165) is 53.7 Å². The molecular formula is C22H25ClN4O. The van der Waals surface area contributed by atoms with Crippen LogP contribution in [0.15, 0.2) is 48.7 Å². The van der Waals surface area contributed by atoms with Crippen molar-refractivity contribution in [2.75, 3.05) is 19.7 Å². The van der Waals surface area contributed by atoms with Crippen LogP contribution >= 0.6 is 11.6 Å². The number of pyridine rings is 1. The Morgan fingerprint density at radius 2 is 2.00 bits per heavy atom. The minimum absolute atomic E-state index is 0.0167. The van der Waals surface area contributed by atoms with E-state index in [9.17, 15) is 0 Å². The molecule has 0 saturated carbocycles. The molecule has 2 aromatic heterocycles. The van der Waals surface area contributed by atoms with Gasteiger partial charge in [-0.25, -0.2) is 0 Å². The fourth-order valence-corrected chi connectivity index (χ4v) is 3.89. The summed E-state index contributed by atoms with van der Waals surface area (Å²) in [5.74, 6) is 0.